The molecule has 1 amide bonds. The average molecular weight is 415 g/mol. The number of β-amino-alcohol motifs (C(OH)–C–C–N with tert-alkyl or cyclic N) is 1. The molecular weight excluding hydrogens is 386 g/mol. The molecule has 0 aliphatic carbocycles. The number of ether oxygens (including phenoxy) is 2. The highest BCUT2D eigenvalue weighted by atomic mass is 16.5. The number of aliphatic hydroxyl groups excluding tert-OH is 2. The van der Waals surface area contributed by atoms with Gasteiger partial charge in [-0.3, -0.25) is 0 Å². The fourth-order valence-corrected chi connectivity index (χ4v) is 3.85. The Labute approximate surface area is 176 Å². The zero-order valence-electron chi connectivity index (χ0n) is 16.9. The molecule has 1 saturated heterocycles. The summed E-state index contributed by atoms with van der Waals surface area (Å²) in [5.41, 5.74) is 2.01. The Morgan fingerprint density at radius 3 is 2.43 bits per heavy atom. The van der Waals surface area contributed by atoms with Crippen molar-refractivity contribution < 1.29 is 29.6 Å². The van der Waals surface area contributed by atoms with Crippen molar-refractivity contribution in [1.82, 2.24) is 4.90 Å². The van der Waals surface area contributed by atoms with E-state index >= 15 is 0 Å². The van der Waals surface area contributed by atoms with Crippen LogP contribution in [0.3, 0.4) is 0 Å². The number of amides is 1. The van der Waals surface area contributed by atoms with E-state index in [0.29, 0.717) is 19.8 Å². The minimum Gasteiger partial charge on any atom is -0.494 e. The molecule has 1 aliphatic heterocycles. The van der Waals surface area contributed by atoms with Crippen molar-refractivity contribution >= 4 is 6.09 Å². The Morgan fingerprint density at radius 1 is 1.03 bits per heavy atom. The first-order chi connectivity index (χ1) is 14.6. The lowest BCUT2D eigenvalue weighted by Gasteiger charge is -2.40. The summed E-state index contributed by atoms with van der Waals surface area (Å²) < 4.78 is 11.4. The molecule has 3 rings (SSSR count). The molecule has 1 heterocycles. The second-order valence-corrected chi connectivity index (χ2v) is 7.53. The number of carbonyl (C=O) groups is 1. The summed E-state index contributed by atoms with van der Waals surface area (Å²) in [6.45, 7) is 1.79. The molecule has 0 saturated carbocycles. The summed E-state index contributed by atoms with van der Waals surface area (Å²) in [6.07, 6.45) is -1.17. The number of likely N-dealkylation sites (tertiary alicyclic amines) is 1. The highest BCUT2D eigenvalue weighted by Crippen LogP contribution is 2.34. The number of rotatable bonds is 9. The van der Waals surface area contributed by atoms with Gasteiger partial charge >= 0.3 is 6.09 Å². The molecule has 3 atom stereocenters. The normalized spacial score (nSPS) is 21.4. The van der Waals surface area contributed by atoms with Gasteiger partial charge in [0, 0.05) is 31.4 Å². The molecule has 162 valence electrons. The van der Waals surface area contributed by atoms with E-state index in [1.807, 2.05) is 54.6 Å². The average Bonchev–Trinajstić information content (AvgIpc) is 2.76. The fourth-order valence-electron chi connectivity index (χ4n) is 3.85. The highest BCUT2D eigenvalue weighted by molar-refractivity contribution is 5.65. The second-order valence-electron chi connectivity index (χ2n) is 7.53. The number of nitrogens with zero attached hydrogens (tertiary/aromatic N) is 1. The van der Waals surface area contributed by atoms with Gasteiger partial charge in [0.1, 0.15) is 5.75 Å². The smallest absolute Gasteiger partial charge is 0.407 e. The van der Waals surface area contributed by atoms with Gasteiger partial charge < -0.3 is 29.7 Å². The molecule has 3 unspecified atom stereocenters. The molecular formula is C23H29NO6. The summed E-state index contributed by atoms with van der Waals surface area (Å²) in [4.78, 5) is 12.3. The van der Waals surface area contributed by atoms with Crippen LogP contribution in [0.1, 0.15) is 23.5 Å². The fraction of sp³-hybridized carbons (Fsp3) is 0.435. The maximum absolute atomic E-state index is 11.2. The van der Waals surface area contributed by atoms with Gasteiger partial charge in [-0.2, -0.15) is 0 Å². The summed E-state index contributed by atoms with van der Waals surface area (Å²) in [5, 5.41) is 29.3. The standard InChI is InChI=1S/C23H29NO6/c25-15-19-13-24(23(27)28)14-21(26)22(19)18-7-9-20(10-8-18)30-12-4-11-29-16-17-5-2-1-3-6-17/h1-3,5-10,19,21-22,25-26H,4,11-16H2,(H,27,28). The van der Waals surface area contributed by atoms with Gasteiger partial charge in [-0.05, 0) is 23.3 Å². The zero-order valence-corrected chi connectivity index (χ0v) is 16.9. The number of aliphatic hydroxyl groups is 2. The molecule has 0 aromatic heterocycles. The highest BCUT2D eigenvalue weighted by Gasteiger charge is 2.38. The Hall–Kier alpha value is -2.61. The van der Waals surface area contributed by atoms with Crippen LogP contribution >= 0.6 is 0 Å². The molecule has 1 fully saturated rings. The quantitative estimate of drug-likeness (QED) is 0.545. The lowest BCUT2D eigenvalue weighted by Crippen LogP contribution is -2.51. The molecule has 0 spiro atoms. The van der Waals surface area contributed by atoms with Crippen LogP contribution in [-0.4, -0.2) is 65.3 Å². The number of piperidine rings is 1. The maximum atomic E-state index is 11.2. The molecule has 2 aromatic carbocycles. The molecule has 1 aliphatic rings. The maximum Gasteiger partial charge on any atom is 0.407 e. The minimum atomic E-state index is -1.08. The first kappa shape index (κ1) is 22.1. The van der Waals surface area contributed by atoms with E-state index in [1.54, 1.807) is 0 Å². The zero-order chi connectivity index (χ0) is 21.3. The van der Waals surface area contributed by atoms with E-state index in [1.165, 1.54) is 0 Å². The summed E-state index contributed by atoms with van der Waals surface area (Å²) in [6, 6.07) is 17.4. The minimum absolute atomic E-state index is 0.0394. The van der Waals surface area contributed by atoms with Crippen molar-refractivity contribution in [1.29, 1.82) is 0 Å². The third-order valence-corrected chi connectivity index (χ3v) is 5.37. The van der Waals surface area contributed by atoms with Crippen molar-refractivity contribution in [3.05, 3.63) is 65.7 Å². The number of benzene rings is 2. The van der Waals surface area contributed by atoms with Crippen LogP contribution in [0, 0.1) is 5.92 Å². The van der Waals surface area contributed by atoms with E-state index in [0.717, 1.165) is 28.2 Å². The molecule has 0 radical (unpaired) electrons. The molecule has 0 bridgehead atoms. The van der Waals surface area contributed by atoms with E-state index in [2.05, 4.69) is 0 Å². The van der Waals surface area contributed by atoms with E-state index in [-0.39, 0.29) is 31.5 Å². The number of carboxylic acid groups (broad SMARTS) is 1. The van der Waals surface area contributed by atoms with Crippen molar-refractivity contribution in [2.75, 3.05) is 32.9 Å². The first-order valence-corrected chi connectivity index (χ1v) is 10.2. The first-order valence-electron chi connectivity index (χ1n) is 10.2. The third-order valence-electron chi connectivity index (χ3n) is 5.37. The van der Waals surface area contributed by atoms with Crippen LogP contribution in [0.5, 0.6) is 5.75 Å². The number of hydrogen-bond donors (Lipinski definition) is 3. The predicted octanol–water partition coefficient (Wildman–Crippen LogP) is 2.72. The van der Waals surface area contributed by atoms with Crippen LogP contribution in [0.2, 0.25) is 0 Å². The van der Waals surface area contributed by atoms with Crippen molar-refractivity contribution in [2.45, 2.75) is 25.0 Å². The molecule has 7 nitrogen and oxygen atoms in total. The molecule has 3 N–H and O–H groups in total. The van der Waals surface area contributed by atoms with Crippen LogP contribution in [-0.2, 0) is 11.3 Å². The van der Waals surface area contributed by atoms with E-state index in [4.69, 9.17) is 14.6 Å². The summed E-state index contributed by atoms with van der Waals surface area (Å²) in [7, 11) is 0. The van der Waals surface area contributed by atoms with Gasteiger partial charge in [-0.1, -0.05) is 42.5 Å². The van der Waals surface area contributed by atoms with Gasteiger partial charge in [0.15, 0.2) is 0 Å². The Bertz CT molecular complexity index is 782. The third kappa shape index (κ3) is 5.95. The van der Waals surface area contributed by atoms with E-state index in [9.17, 15) is 15.0 Å². The van der Waals surface area contributed by atoms with Crippen molar-refractivity contribution in [3.63, 3.8) is 0 Å². The summed E-state index contributed by atoms with van der Waals surface area (Å²) >= 11 is 0. The topological polar surface area (TPSA) is 99.5 Å². The van der Waals surface area contributed by atoms with Gasteiger partial charge in [0.05, 0.1) is 32.5 Å². The lowest BCUT2D eigenvalue weighted by atomic mass is 9.79. The Balaban J connectivity index is 1.44. The van der Waals surface area contributed by atoms with E-state index < -0.39 is 12.2 Å². The summed E-state index contributed by atoms with van der Waals surface area (Å²) in [5.74, 6) is 0.0595. The van der Waals surface area contributed by atoms with Crippen molar-refractivity contribution in [2.24, 2.45) is 5.92 Å². The molecule has 30 heavy (non-hydrogen) atoms. The van der Waals surface area contributed by atoms with Gasteiger partial charge in [0.25, 0.3) is 0 Å². The Kier molecular flexibility index (Phi) is 8.07. The van der Waals surface area contributed by atoms with Crippen LogP contribution < -0.4 is 4.74 Å². The lowest BCUT2D eigenvalue weighted by molar-refractivity contribution is 0.00500. The molecule has 2 aromatic rings. The monoisotopic (exact) mass is 415 g/mol. The SMILES string of the molecule is O=C(O)N1CC(O)C(c2ccc(OCCCOCc3ccccc3)cc2)C(CO)C1. The van der Waals surface area contributed by atoms with Gasteiger partial charge in [-0.15, -0.1) is 0 Å². The van der Waals surface area contributed by atoms with Crippen LogP contribution in [0.25, 0.3) is 0 Å². The van der Waals surface area contributed by atoms with Crippen molar-refractivity contribution in [3.8, 4) is 5.75 Å². The number of hydrogen-bond acceptors (Lipinski definition) is 5. The largest absolute Gasteiger partial charge is 0.494 e. The van der Waals surface area contributed by atoms with Gasteiger partial charge in [-0.25, -0.2) is 4.79 Å². The van der Waals surface area contributed by atoms with Crippen LogP contribution in [0.4, 0.5) is 4.79 Å². The second kappa shape index (κ2) is 11.0. The van der Waals surface area contributed by atoms with Crippen LogP contribution in [0.15, 0.2) is 54.6 Å². The predicted molar refractivity (Wildman–Crippen MR) is 112 cm³/mol. The van der Waals surface area contributed by atoms with Gasteiger partial charge in [0.2, 0.25) is 0 Å². The Morgan fingerprint density at radius 2 is 1.77 bits per heavy atom. The molecule has 7 heteroatoms.